The van der Waals surface area contributed by atoms with Gasteiger partial charge in [-0.3, -0.25) is 4.98 Å². The number of rotatable bonds is 3. The molecule has 0 fully saturated rings. The summed E-state index contributed by atoms with van der Waals surface area (Å²) in [6.45, 7) is 0. The van der Waals surface area contributed by atoms with Gasteiger partial charge < -0.3 is 4.74 Å². The van der Waals surface area contributed by atoms with E-state index in [0.717, 1.165) is 27.8 Å². The first-order valence-corrected chi connectivity index (χ1v) is 8.61. The summed E-state index contributed by atoms with van der Waals surface area (Å²) in [4.78, 5) is 4.74. The number of benzene rings is 2. The van der Waals surface area contributed by atoms with Crippen LogP contribution in [0.15, 0.2) is 59.6 Å². The fourth-order valence-electron chi connectivity index (χ4n) is 2.29. The molecule has 0 spiro atoms. The van der Waals surface area contributed by atoms with Gasteiger partial charge in [-0.2, -0.15) is 0 Å². The Bertz CT molecular complexity index is 932. The van der Waals surface area contributed by atoms with Gasteiger partial charge in [0.25, 0.3) is 0 Å². The molecule has 3 rings (SSSR count). The van der Waals surface area contributed by atoms with E-state index in [4.69, 9.17) is 4.74 Å². The van der Waals surface area contributed by atoms with Crippen molar-refractivity contribution in [3.63, 3.8) is 0 Å². The molecule has 1 aromatic heterocycles. The minimum atomic E-state index is -3.18. The molecule has 0 aliphatic rings. The number of hydrogen-bond acceptors (Lipinski definition) is 4. The second-order valence-electron chi connectivity index (χ2n) is 5.08. The Hall–Kier alpha value is -2.40. The lowest BCUT2D eigenvalue weighted by Gasteiger charge is -2.06. The van der Waals surface area contributed by atoms with Crippen molar-refractivity contribution in [2.24, 2.45) is 0 Å². The molecule has 1 heterocycles. The van der Waals surface area contributed by atoms with E-state index in [1.807, 2.05) is 24.3 Å². The zero-order valence-electron chi connectivity index (χ0n) is 12.3. The Morgan fingerprint density at radius 1 is 0.955 bits per heavy atom. The van der Waals surface area contributed by atoms with E-state index in [2.05, 4.69) is 4.98 Å². The summed E-state index contributed by atoms with van der Waals surface area (Å²) in [7, 11) is -1.55. The predicted octanol–water partition coefficient (Wildman–Crippen LogP) is 3.31. The molecule has 0 N–H and O–H groups in total. The van der Waals surface area contributed by atoms with Gasteiger partial charge in [0.15, 0.2) is 9.84 Å². The van der Waals surface area contributed by atoms with Crippen LogP contribution in [0, 0.1) is 0 Å². The molecule has 0 saturated heterocycles. The first-order chi connectivity index (χ1) is 10.5. The van der Waals surface area contributed by atoms with Crippen LogP contribution >= 0.6 is 0 Å². The summed E-state index contributed by atoms with van der Waals surface area (Å²) >= 11 is 0. The third-order valence-electron chi connectivity index (χ3n) is 3.50. The Morgan fingerprint density at radius 2 is 1.68 bits per heavy atom. The lowest BCUT2D eigenvalue weighted by Crippen LogP contribution is -1.96. The maximum atomic E-state index is 11.5. The van der Waals surface area contributed by atoms with Gasteiger partial charge in [0.1, 0.15) is 5.75 Å². The monoisotopic (exact) mass is 313 g/mol. The molecule has 0 unspecified atom stereocenters. The molecule has 0 radical (unpaired) electrons. The molecule has 0 aliphatic carbocycles. The van der Waals surface area contributed by atoms with Crippen molar-refractivity contribution in [1.29, 1.82) is 0 Å². The van der Waals surface area contributed by atoms with Crippen LogP contribution in [-0.2, 0) is 9.84 Å². The van der Waals surface area contributed by atoms with E-state index in [1.165, 1.54) is 6.26 Å². The molecule has 22 heavy (non-hydrogen) atoms. The van der Waals surface area contributed by atoms with Crippen LogP contribution in [0.1, 0.15) is 0 Å². The fraction of sp³-hybridized carbons (Fsp3) is 0.118. The highest BCUT2D eigenvalue weighted by Crippen LogP contribution is 2.26. The van der Waals surface area contributed by atoms with Crippen molar-refractivity contribution in [3.05, 3.63) is 54.7 Å². The highest BCUT2D eigenvalue weighted by Gasteiger charge is 2.07. The molecule has 0 amide bonds. The molecular weight excluding hydrogens is 298 g/mol. The van der Waals surface area contributed by atoms with E-state index in [-0.39, 0.29) is 0 Å². The van der Waals surface area contributed by atoms with Crippen LogP contribution in [0.3, 0.4) is 0 Å². The van der Waals surface area contributed by atoms with E-state index < -0.39 is 9.84 Å². The third kappa shape index (κ3) is 2.80. The maximum absolute atomic E-state index is 11.5. The summed E-state index contributed by atoms with van der Waals surface area (Å²) in [5, 5.41) is 0.976. The van der Waals surface area contributed by atoms with Crippen LogP contribution in [0.2, 0.25) is 0 Å². The van der Waals surface area contributed by atoms with Crippen molar-refractivity contribution >= 4 is 20.7 Å². The van der Waals surface area contributed by atoms with Gasteiger partial charge >= 0.3 is 0 Å². The summed E-state index contributed by atoms with van der Waals surface area (Å²) < 4.78 is 28.2. The zero-order chi connectivity index (χ0) is 15.7. The molecule has 3 aromatic rings. The van der Waals surface area contributed by atoms with Crippen LogP contribution in [0.5, 0.6) is 5.75 Å². The fourth-order valence-corrected chi connectivity index (χ4v) is 2.92. The zero-order valence-corrected chi connectivity index (χ0v) is 13.1. The molecule has 0 saturated carbocycles. The van der Waals surface area contributed by atoms with Gasteiger partial charge in [-0.25, -0.2) is 8.42 Å². The number of nitrogens with zero attached hydrogens (tertiary/aromatic N) is 1. The lowest BCUT2D eigenvalue weighted by atomic mass is 10.1. The Kier molecular flexibility index (Phi) is 3.58. The van der Waals surface area contributed by atoms with Gasteiger partial charge in [-0.15, -0.1) is 0 Å². The number of methoxy groups -OCH3 is 1. The number of fused-ring (bicyclic) bond motifs is 1. The second-order valence-corrected chi connectivity index (χ2v) is 7.09. The second kappa shape index (κ2) is 5.42. The highest BCUT2D eigenvalue weighted by molar-refractivity contribution is 7.90. The smallest absolute Gasteiger partial charge is 0.175 e. The van der Waals surface area contributed by atoms with Gasteiger partial charge in [0, 0.05) is 23.4 Å². The van der Waals surface area contributed by atoms with Crippen molar-refractivity contribution in [3.8, 4) is 16.9 Å². The van der Waals surface area contributed by atoms with E-state index in [1.54, 1.807) is 37.6 Å². The number of ether oxygens (including phenoxy) is 1. The predicted molar refractivity (Wildman–Crippen MR) is 86.8 cm³/mol. The molecule has 0 aliphatic heterocycles. The van der Waals surface area contributed by atoms with Gasteiger partial charge in [-0.05, 0) is 42.0 Å². The minimum absolute atomic E-state index is 0.312. The average molecular weight is 313 g/mol. The van der Waals surface area contributed by atoms with Gasteiger partial charge in [0.05, 0.1) is 17.5 Å². The molecule has 0 atom stereocenters. The van der Waals surface area contributed by atoms with Gasteiger partial charge in [0.2, 0.25) is 0 Å². The Balaban J connectivity index is 2.06. The normalized spacial score (nSPS) is 11.5. The molecule has 112 valence electrons. The Labute approximate surface area is 129 Å². The summed E-state index contributed by atoms with van der Waals surface area (Å²) in [6, 6.07) is 14.5. The van der Waals surface area contributed by atoms with Crippen LogP contribution < -0.4 is 4.74 Å². The van der Waals surface area contributed by atoms with E-state index >= 15 is 0 Å². The average Bonchev–Trinajstić information content (AvgIpc) is 2.53. The van der Waals surface area contributed by atoms with Crippen molar-refractivity contribution in [2.75, 3.05) is 13.4 Å². The van der Waals surface area contributed by atoms with Crippen molar-refractivity contribution < 1.29 is 13.2 Å². The maximum Gasteiger partial charge on any atom is 0.175 e. The molecule has 2 aromatic carbocycles. The van der Waals surface area contributed by atoms with Gasteiger partial charge in [-0.1, -0.05) is 12.1 Å². The number of aromatic nitrogens is 1. The lowest BCUT2D eigenvalue weighted by molar-refractivity contribution is 0.415. The largest absolute Gasteiger partial charge is 0.497 e. The van der Waals surface area contributed by atoms with Crippen LogP contribution in [0.25, 0.3) is 22.0 Å². The topological polar surface area (TPSA) is 56.3 Å². The summed E-state index contributed by atoms with van der Waals surface area (Å²) in [5.41, 5.74) is 2.74. The molecule has 4 nitrogen and oxygen atoms in total. The van der Waals surface area contributed by atoms with Crippen LogP contribution in [-0.4, -0.2) is 26.8 Å². The SMILES string of the molecule is COc1ccc2ncc(-c3ccc(S(C)(=O)=O)cc3)cc2c1. The van der Waals surface area contributed by atoms with E-state index in [9.17, 15) is 8.42 Å². The standard InChI is InChI=1S/C17H15NO3S/c1-21-15-5-8-17-13(10-15)9-14(11-18-17)12-3-6-16(7-4-12)22(2,19)20/h3-11H,1-2H3. The quantitative estimate of drug-likeness (QED) is 0.744. The third-order valence-corrected chi connectivity index (χ3v) is 4.63. The van der Waals surface area contributed by atoms with Crippen molar-refractivity contribution in [1.82, 2.24) is 4.98 Å². The molecule has 5 heteroatoms. The first kappa shape index (κ1) is 14.5. The Morgan fingerprint density at radius 3 is 2.32 bits per heavy atom. The molecular formula is C17H15NO3S. The minimum Gasteiger partial charge on any atom is -0.497 e. The van der Waals surface area contributed by atoms with E-state index in [0.29, 0.717) is 4.90 Å². The van der Waals surface area contributed by atoms with Crippen LogP contribution in [0.4, 0.5) is 0 Å². The van der Waals surface area contributed by atoms with Crippen molar-refractivity contribution in [2.45, 2.75) is 4.90 Å². The summed E-state index contributed by atoms with van der Waals surface area (Å²) in [5.74, 6) is 0.777. The first-order valence-electron chi connectivity index (χ1n) is 6.72. The highest BCUT2D eigenvalue weighted by atomic mass is 32.2. The summed E-state index contributed by atoms with van der Waals surface area (Å²) in [6.07, 6.45) is 2.98. The molecule has 0 bridgehead atoms. The number of pyridine rings is 1. The number of sulfone groups is 1. The number of hydrogen-bond donors (Lipinski definition) is 0.